The van der Waals surface area contributed by atoms with Gasteiger partial charge in [0.25, 0.3) is 0 Å². The number of para-hydroxylation sites is 1. The summed E-state index contributed by atoms with van der Waals surface area (Å²) >= 11 is 5.57. The van der Waals surface area contributed by atoms with E-state index in [0.29, 0.717) is 6.04 Å². The van der Waals surface area contributed by atoms with Crippen LogP contribution in [-0.2, 0) is 0 Å². The number of aryl methyl sites for hydroxylation is 1. The first-order chi connectivity index (χ1) is 8.72. The van der Waals surface area contributed by atoms with E-state index in [-0.39, 0.29) is 0 Å². The van der Waals surface area contributed by atoms with Crippen molar-refractivity contribution in [3.8, 4) is 0 Å². The van der Waals surface area contributed by atoms with E-state index >= 15 is 0 Å². The second-order valence-electron chi connectivity index (χ2n) is 4.96. The maximum Gasteiger partial charge on any atom is 0.173 e. The highest BCUT2D eigenvalue weighted by atomic mass is 32.1. The van der Waals surface area contributed by atoms with Crippen LogP contribution in [0.1, 0.15) is 38.2 Å². The molecule has 1 aromatic rings. The minimum Gasteiger partial charge on any atom is -0.360 e. The third-order valence-corrected chi connectivity index (χ3v) is 3.99. The summed E-state index contributed by atoms with van der Waals surface area (Å²) < 4.78 is 0. The van der Waals surface area contributed by atoms with E-state index in [4.69, 9.17) is 12.2 Å². The van der Waals surface area contributed by atoms with Crippen LogP contribution in [0.5, 0.6) is 0 Å². The predicted octanol–water partition coefficient (Wildman–Crippen LogP) is 3.64. The zero-order valence-electron chi connectivity index (χ0n) is 11.3. The molecular formula is C15H22N2S. The van der Waals surface area contributed by atoms with Gasteiger partial charge in [-0.1, -0.05) is 31.0 Å². The molecular weight excluding hydrogens is 240 g/mol. The second kappa shape index (κ2) is 6.19. The van der Waals surface area contributed by atoms with Crippen molar-refractivity contribution in [3.63, 3.8) is 0 Å². The highest BCUT2D eigenvalue weighted by Gasteiger charge is 2.19. The summed E-state index contributed by atoms with van der Waals surface area (Å²) in [7, 11) is 0. The summed E-state index contributed by atoms with van der Waals surface area (Å²) in [5, 5.41) is 4.39. The molecule has 0 aromatic heterocycles. The topological polar surface area (TPSA) is 15.3 Å². The molecule has 0 radical (unpaired) electrons. The van der Waals surface area contributed by atoms with E-state index in [1.165, 1.54) is 36.9 Å². The number of nitrogens with one attached hydrogen (secondary N) is 1. The van der Waals surface area contributed by atoms with Crippen molar-refractivity contribution >= 4 is 23.0 Å². The molecule has 1 N–H and O–H groups in total. The van der Waals surface area contributed by atoms with Gasteiger partial charge in [-0.3, -0.25) is 0 Å². The molecule has 98 valence electrons. The van der Waals surface area contributed by atoms with Gasteiger partial charge in [0.05, 0.1) is 0 Å². The Morgan fingerprint density at radius 1 is 1.33 bits per heavy atom. The summed E-state index contributed by atoms with van der Waals surface area (Å²) in [5.74, 6) is 0. The van der Waals surface area contributed by atoms with Gasteiger partial charge in [0.15, 0.2) is 5.11 Å². The fourth-order valence-electron chi connectivity index (χ4n) is 2.61. The van der Waals surface area contributed by atoms with Crippen LogP contribution in [0.3, 0.4) is 0 Å². The third kappa shape index (κ3) is 3.02. The number of hydrogen-bond acceptors (Lipinski definition) is 1. The van der Waals surface area contributed by atoms with Gasteiger partial charge in [0.2, 0.25) is 0 Å². The normalized spacial score (nSPS) is 15.7. The average molecular weight is 262 g/mol. The van der Waals surface area contributed by atoms with Gasteiger partial charge in [0, 0.05) is 18.3 Å². The molecule has 1 saturated carbocycles. The van der Waals surface area contributed by atoms with E-state index in [0.717, 1.165) is 11.7 Å². The molecule has 0 unspecified atom stereocenters. The van der Waals surface area contributed by atoms with Crippen molar-refractivity contribution in [1.29, 1.82) is 0 Å². The third-order valence-electron chi connectivity index (χ3n) is 3.65. The molecule has 1 aliphatic rings. The van der Waals surface area contributed by atoms with E-state index in [2.05, 4.69) is 48.3 Å². The minimum absolute atomic E-state index is 0.579. The lowest BCUT2D eigenvalue weighted by Crippen LogP contribution is -2.44. The van der Waals surface area contributed by atoms with Crippen LogP contribution in [-0.4, -0.2) is 17.7 Å². The summed E-state index contributed by atoms with van der Waals surface area (Å²) in [6.45, 7) is 5.19. The Hall–Kier alpha value is -1.09. The minimum atomic E-state index is 0.579. The molecule has 0 bridgehead atoms. The molecule has 1 fully saturated rings. The Balaban J connectivity index is 2.08. The zero-order valence-corrected chi connectivity index (χ0v) is 12.1. The van der Waals surface area contributed by atoms with Crippen molar-refractivity contribution in [2.24, 2.45) is 0 Å². The molecule has 1 aromatic carbocycles. The fraction of sp³-hybridized carbons (Fsp3) is 0.533. The summed E-state index contributed by atoms with van der Waals surface area (Å²) in [5.41, 5.74) is 2.49. The average Bonchev–Trinajstić information content (AvgIpc) is 2.85. The molecule has 0 amide bonds. The second-order valence-corrected chi connectivity index (χ2v) is 5.35. The van der Waals surface area contributed by atoms with E-state index in [1.54, 1.807) is 0 Å². The fourth-order valence-corrected chi connectivity index (χ4v) is 3.01. The maximum atomic E-state index is 5.57. The largest absolute Gasteiger partial charge is 0.360 e. The molecule has 0 heterocycles. The molecule has 18 heavy (non-hydrogen) atoms. The Kier molecular flexibility index (Phi) is 4.59. The van der Waals surface area contributed by atoms with Crippen LogP contribution in [0.15, 0.2) is 24.3 Å². The van der Waals surface area contributed by atoms with Gasteiger partial charge in [-0.15, -0.1) is 0 Å². The summed E-state index contributed by atoms with van der Waals surface area (Å²) in [6, 6.07) is 9.00. The van der Waals surface area contributed by atoms with Crippen molar-refractivity contribution in [2.75, 3.05) is 11.4 Å². The maximum absolute atomic E-state index is 5.57. The number of rotatable bonds is 3. The lowest BCUT2D eigenvalue weighted by atomic mass is 10.2. The molecule has 1 aliphatic carbocycles. The summed E-state index contributed by atoms with van der Waals surface area (Å²) in [4.78, 5) is 2.20. The molecule has 0 spiro atoms. The van der Waals surface area contributed by atoms with Crippen LogP contribution in [0.2, 0.25) is 0 Å². The van der Waals surface area contributed by atoms with Gasteiger partial charge >= 0.3 is 0 Å². The SMILES string of the molecule is CCN(C(=S)NC1CCCC1)c1ccccc1C. The van der Waals surface area contributed by atoms with Gasteiger partial charge in [-0.05, 0) is 50.5 Å². The predicted molar refractivity (Wildman–Crippen MR) is 82.2 cm³/mol. The lowest BCUT2D eigenvalue weighted by Gasteiger charge is -2.28. The highest BCUT2D eigenvalue weighted by molar-refractivity contribution is 7.80. The first kappa shape index (κ1) is 13.3. The quantitative estimate of drug-likeness (QED) is 0.837. The lowest BCUT2D eigenvalue weighted by molar-refractivity contribution is 0.628. The van der Waals surface area contributed by atoms with E-state index < -0.39 is 0 Å². The zero-order chi connectivity index (χ0) is 13.0. The van der Waals surface area contributed by atoms with Crippen LogP contribution in [0, 0.1) is 6.92 Å². The Labute approximate surface area is 115 Å². The monoisotopic (exact) mass is 262 g/mol. The molecule has 2 nitrogen and oxygen atoms in total. The molecule has 3 heteroatoms. The first-order valence-corrected chi connectivity index (χ1v) is 7.27. The highest BCUT2D eigenvalue weighted by Crippen LogP contribution is 2.21. The van der Waals surface area contributed by atoms with E-state index in [9.17, 15) is 0 Å². The summed E-state index contributed by atoms with van der Waals surface area (Å²) in [6.07, 6.45) is 5.17. The van der Waals surface area contributed by atoms with Crippen LogP contribution >= 0.6 is 12.2 Å². The molecule has 2 rings (SSSR count). The number of anilines is 1. The number of nitrogens with zero attached hydrogens (tertiary/aromatic N) is 1. The Morgan fingerprint density at radius 2 is 2.00 bits per heavy atom. The Bertz CT molecular complexity index is 411. The van der Waals surface area contributed by atoms with Gasteiger partial charge < -0.3 is 10.2 Å². The first-order valence-electron chi connectivity index (χ1n) is 6.86. The van der Waals surface area contributed by atoms with Crippen LogP contribution in [0.25, 0.3) is 0 Å². The van der Waals surface area contributed by atoms with Gasteiger partial charge in [-0.2, -0.15) is 0 Å². The Morgan fingerprint density at radius 3 is 2.61 bits per heavy atom. The number of benzene rings is 1. The van der Waals surface area contributed by atoms with Crippen molar-refractivity contribution < 1.29 is 0 Å². The molecule has 0 aliphatic heterocycles. The van der Waals surface area contributed by atoms with Crippen molar-refractivity contribution in [2.45, 2.75) is 45.6 Å². The van der Waals surface area contributed by atoms with Crippen LogP contribution < -0.4 is 10.2 Å². The van der Waals surface area contributed by atoms with Crippen LogP contribution in [0.4, 0.5) is 5.69 Å². The smallest absolute Gasteiger partial charge is 0.173 e. The van der Waals surface area contributed by atoms with Gasteiger partial charge in [-0.25, -0.2) is 0 Å². The van der Waals surface area contributed by atoms with Crippen molar-refractivity contribution in [3.05, 3.63) is 29.8 Å². The van der Waals surface area contributed by atoms with Gasteiger partial charge in [0.1, 0.15) is 0 Å². The number of thiocarbonyl (C=S) groups is 1. The number of hydrogen-bond donors (Lipinski definition) is 1. The molecule has 0 atom stereocenters. The van der Waals surface area contributed by atoms with E-state index in [1.807, 2.05) is 0 Å². The molecule has 0 saturated heterocycles. The standard InChI is InChI=1S/C15H22N2S/c1-3-17(14-11-7-4-8-12(14)2)15(18)16-13-9-5-6-10-13/h4,7-8,11,13H,3,5-6,9-10H2,1-2H3,(H,16,18). The van der Waals surface area contributed by atoms with Crippen molar-refractivity contribution in [1.82, 2.24) is 5.32 Å².